The van der Waals surface area contributed by atoms with E-state index in [1.807, 2.05) is 11.3 Å². The van der Waals surface area contributed by atoms with Gasteiger partial charge in [-0.25, -0.2) is 4.98 Å². The first kappa shape index (κ1) is 13.8. The molecule has 0 aromatic carbocycles. The third kappa shape index (κ3) is 2.29. The number of aldehydes is 1. The second-order valence-electron chi connectivity index (χ2n) is 5.09. The molecular weight excluding hydrogens is 288 g/mol. The lowest BCUT2D eigenvalue weighted by atomic mass is 10.0. The van der Waals surface area contributed by atoms with Crippen LogP contribution in [0.25, 0.3) is 0 Å². The van der Waals surface area contributed by atoms with Gasteiger partial charge in [0.15, 0.2) is 11.4 Å². The molecule has 1 unspecified atom stereocenters. The molecule has 0 aliphatic carbocycles. The van der Waals surface area contributed by atoms with Crippen molar-refractivity contribution in [1.29, 1.82) is 0 Å². The largest absolute Gasteiger partial charge is 0.341 e. The lowest BCUT2D eigenvalue weighted by Crippen LogP contribution is -2.32. The maximum absolute atomic E-state index is 11.2. The zero-order chi connectivity index (χ0) is 14.1. The van der Waals surface area contributed by atoms with Gasteiger partial charge < -0.3 is 4.90 Å². The van der Waals surface area contributed by atoms with Crippen molar-refractivity contribution in [3.05, 3.63) is 32.5 Å². The molecule has 0 amide bonds. The molecule has 1 aliphatic rings. The van der Waals surface area contributed by atoms with E-state index in [1.54, 1.807) is 0 Å². The smallest absolute Gasteiger partial charge is 0.186 e. The van der Waals surface area contributed by atoms with E-state index in [0.717, 1.165) is 47.8 Å². The minimum absolute atomic E-state index is 0.352. The predicted molar refractivity (Wildman–Crippen MR) is 85.3 cm³/mol. The lowest BCUT2D eigenvalue weighted by Gasteiger charge is -2.33. The van der Waals surface area contributed by atoms with Gasteiger partial charge in [-0.05, 0) is 36.8 Å². The van der Waals surface area contributed by atoms with E-state index in [2.05, 4.69) is 30.2 Å². The summed E-state index contributed by atoms with van der Waals surface area (Å²) in [5.74, 6) is 0. The van der Waals surface area contributed by atoms with Gasteiger partial charge in [-0.3, -0.25) is 4.79 Å². The summed E-state index contributed by atoms with van der Waals surface area (Å²) >= 11 is 3.38. The Kier molecular flexibility index (Phi) is 3.89. The normalized spacial score (nSPS) is 18.1. The summed E-state index contributed by atoms with van der Waals surface area (Å²) in [6.07, 6.45) is 3.94. The number of aromatic nitrogens is 1. The number of thiophene rings is 1. The highest BCUT2D eigenvalue weighted by molar-refractivity contribution is 7.17. The van der Waals surface area contributed by atoms with E-state index in [0.29, 0.717) is 6.04 Å². The average Bonchev–Trinajstić information content (AvgIpc) is 3.06. The summed E-state index contributed by atoms with van der Waals surface area (Å²) in [5, 5.41) is 3.17. The van der Waals surface area contributed by atoms with Crippen LogP contribution in [0.2, 0.25) is 0 Å². The molecule has 2 aromatic rings. The molecule has 5 heteroatoms. The van der Waals surface area contributed by atoms with Gasteiger partial charge >= 0.3 is 0 Å². The topological polar surface area (TPSA) is 33.2 Å². The SMILES string of the molecule is CCCc1nc(N2CCc3sccc3C2C)sc1C=O. The van der Waals surface area contributed by atoms with Crippen LogP contribution < -0.4 is 4.90 Å². The van der Waals surface area contributed by atoms with Gasteiger partial charge in [0.2, 0.25) is 0 Å². The fraction of sp³-hybridized carbons (Fsp3) is 0.467. The molecule has 1 aliphatic heterocycles. The van der Waals surface area contributed by atoms with Crippen LogP contribution in [-0.4, -0.2) is 17.8 Å². The van der Waals surface area contributed by atoms with Crippen LogP contribution in [0.1, 0.15) is 52.1 Å². The second-order valence-corrected chi connectivity index (χ2v) is 7.10. The molecule has 106 valence electrons. The van der Waals surface area contributed by atoms with Crippen LogP contribution in [0, 0.1) is 0 Å². The first-order chi connectivity index (χ1) is 9.74. The van der Waals surface area contributed by atoms with Crippen molar-refractivity contribution in [2.45, 2.75) is 39.2 Å². The van der Waals surface area contributed by atoms with Crippen LogP contribution >= 0.6 is 22.7 Å². The van der Waals surface area contributed by atoms with Crippen molar-refractivity contribution < 1.29 is 4.79 Å². The quantitative estimate of drug-likeness (QED) is 0.798. The number of carbonyl (C=O) groups is 1. The summed E-state index contributed by atoms with van der Waals surface area (Å²) in [7, 11) is 0. The van der Waals surface area contributed by atoms with E-state index < -0.39 is 0 Å². The Morgan fingerprint density at radius 2 is 2.40 bits per heavy atom. The Balaban J connectivity index is 1.92. The monoisotopic (exact) mass is 306 g/mol. The number of hydrogen-bond acceptors (Lipinski definition) is 5. The number of aryl methyl sites for hydroxylation is 1. The fourth-order valence-electron chi connectivity index (χ4n) is 2.75. The Hall–Kier alpha value is -1.20. The first-order valence-corrected chi connectivity index (χ1v) is 8.72. The third-order valence-electron chi connectivity index (χ3n) is 3.83. The summed E-state index contributed by atoms with van der Waals surface area (Å²) in [5.41, 5.74) is 2.38. The van der Waals surface area contributed by atoms with Crippen LogP contribution in [-0.2, 0) is 12.8 Å². The molecule has 3 rings (SSSR count). The van der Waals surface area contributed by atoms with Crippen LogP contribution in [0.4, 0.5) is 5.13 Å². The third-order valence-corrected chi connectivity index (χ3v) is 5.89. The predicted octanol–water partition coefficient (Wildman–Crippen LogP) is 4.09. The number of rotatable bonds is 4. The molecule has 2 aromatic heterocycles. The van der Waals surface area contributed by atoms with E-state index in [1.165, 1.54) is 21.8 Å². The lowest BCUT2D eigenvalue weighted by molar-refractivity contribution is 0.112. The summed E-state index contributed by atoms with van der Waals surface area (Å²) in [4.78, 5) is 20.5. The van der Waals surface area contributed by atoms with Gasteiger partial charge in [0.05, 0.1) is 16.6 Å². The van der Waals surface area contributed by atoms with Crippen LogP contribution in [0.3, 0.4) is 0 Å². The fourth-order valence-corrected chi connectivity index (χ4v) is 4.75. The molecule has 0 saturated carbocycles. The molecule has 20 heavy (non-hydrogen) atoms. The Labute approximate surface area is 127 Å². The number of carbonyl (C=O) groups excluding carboxylic acids is 1. The molecule has 0 spiro atoms. The first-order valence-electron chi connectivity index (χ1n) is 7.02. The minimum Gasteiger partial charge on any atom is -0.341 e. The molecule has 3 nitrogen and oxygen atoms in total. The molecule has 0 bridgehead atoms. The number of nitrogens with zero attached hydrogens (tertiary/aromatic N) is 2. The van der Waals surface area contributed by atoms with Crippen molar-refractivity contribution in [3.63, 3.8) is 0 Å². The highest BCUT2D eigenvalue weighted by atomic mass is 32.1. The van der Waals surface area contributed by atoms with E-state index >= 15 is 0 Å². The number of fused-ring (bicyclic) bond motifs is 1. The van der Waals surface area contributed by atoms with Gasteiger partial charge in [0, 0.05) is 11.4 Å². The minimum atomic E-state index is 0.352. The zero-order valence-electron chi connectivity index (χ0n) is 11.8. The maximum atomic E-state index is 11.2. The van der Waals surface area contributed by atoms with Gasteiger partial charge in [-0.15, -0.1) is 11.3 Å². The maximum Gasteiger partial charge on any atom is 0.186 e. The Morgan fingerprint density at radius 3 is 3.15 bits per heavy atom. The van der Waals surface area contributed by atoms with Crippen molar-refractivity contribution in [2.24, 2.45) is 0 Å². The molecular formula is C15H18N2OS2. The van der Waals surface area contributed by atoms with Crippen molar-refractivity contribution in [3.8, 4) is 0 Å². The molecule has 0 radical (unpaired) electrons. The van der Waals surface area contributed by atoms with Gasteiger partial charge in [-0.2, -0.15) is 0 Å². The second kappa shape index (κ2) is 5.66. The van der Waals surface area contributed by atoms with E-state index in [4.69, 9.17) is 4.98 Å². The molecule has 3 heterocycles. The van der Waals surface area contributed by atoms with Crippen LogP contribution in [0.15, 0.2) is 11.4 Å². The highest BCUT2D eigenvalue weighted by Gasteiger charge is 2.27. The molecule has 1 atom stereocenters. The number of anilines is 1. The number of thiazole rings is 1. The van der Waals surface area contributed by atoms with Crippen LogP contribution in [0.5, 0.6) is 0 Å². The summed E-state index contributed by atoms with van der Waals surface area (Å²) in [6, 6.07) is 2.57. The van der Waals surface area contributed by atoms with Gasteiger partial charge in [0.25, 0.3) is 0 Å². The van der Waals surface area contributed by atoms with Crippen molar-refractivity contribution >= 4 is 34.1 Å². The molecule has 0 N–H and O–H groups in total. The summed E-state index contributed by atoms with van der Waals surface area (Å²) in [6.45, 7) is 5.34. The van der Waals surface area contributed by atoms with Gasteiger partial charge in [0.1, 0.15) is 0 Å². The highest BCUT2D eigenvalue weighted by Crippen LogP contribution is 2.38. The molecule has 0 saturated heterocycles. The van der Waals surface area contributed by atoms with Gasteiger partial charge in [-0.1, -0.05) is 24.7 Å². The standard InChI is InChI=1S/C15H18N2OS2/c1-3-4-12-14(9-18)20-15(16-12)17-7-5-13-11(10(17)2)6-8-19-13/h6,8-10H,3-5,7H2,1-2H3. The Morgan fingerprint density at radius 1 is 1.55 bits per heavy atom. The number of hydrogen-bond donors (Lipinski definition) is 0. The summed E-state index contributed by atoms with van der Waals surface area (Å²) < 4.78 is 0. The van der Waals surface area contributed by atoms with E-state index in [9.17, 15) is 4.79 Å². The zero-order valence-corrected chi connectivity index (χ0v) is 13.4. The van der Waals surface area contributed by atoms with Crippen molar-refractivity contribution in [2.75, 3.05) is 11.4 Å². The molecule has 0 fully saturated rings. The van der Waals surface area contributed by atoms with E-state index in [-0.39, 0.29) is 0 Å². The average molecular weight is 306 g/mol. The Bertz CT molecular complexity index is 617. The van der Waals surface area contributed by atoms with Crippen molar-refractivity contribution in [1.82, 2.24) is 4.98 Å².